The van der Waals surface area contributed by atoms with E-state index in [4.69, 9.17) is 5.73 Å². The van der Waals surface area contributed by atoms with Crippen molar-refractivity contribution in [3.63, 3.8) is 0 Å². The number of fused-ring (bicyclic) bond motifs is 1. The Hall–Kier alpha value is -4.02. The summed E-state index contributed by atoms with van der Waals surface area (Å²) in [4.78, 5) is 21.3. The van der Waals surface area contributed by atoms with Gasteiger partial charge in [-0.15, -0.1) is 0 Å². The van der Waals surface area contributed by atoms with Gasteiger partial charge in [0.25, 0.3) is 0 Å². The summed E-state index contributed by atoms with van der Waals surface area (Å²) >= 11 is 0. The molecule has 0 saturated heterocycles. The van der Waals surface area contributed by atoms with E-state index < -0.39 is 0 Å². The predicted octanol–water partition coefficient (Wildman–Crippen LogP) is 3.79. The number of aliphatic hydroxyl groups is 1. The fraction of sp³-hybridized carbons (Fsp3) is 0.286. The number of carbonyl (C=O) groups is 1. The minimum Gasteiger partial charge on any atom is -0.396 e. The van der Waals surface area contributed by atoms with Crippen LogP contribution in [0.4, 0.5) is 5.82 Å². The Bertz CT molecular complexity index is 1480. The Kier molecular flexibility index (Phi) is 6.94. The number of benzene rings is 2. The van der Waals surface area contributed by atoms with Gasteiger partial charge in [-0.25, -0.2) is 14.6 Å². The molecule has 2 aromatic heterocycles. The van der Waals surface area contributed by atoms with Crippen molar-refractivity contribution in [2.24, 2.45) is 5.92 Å². The van der Waals surface area contributed by atoms with E-state index in [1.807, 2.05) is 64.1 Å². The molecule has 4 aromatic rings. The van der Waals surface area contributed by atoms with Crippen molar-refractivity contribution < 1.29 is 9.90 Å². The van der Waals surface area contributed by atoms with Gasteiger partial charge in [0, 0.05) is 30.7 Å². The molecule has 0 amide bonds. The Morgan fingerprint density at radius 1 is 1.06 bits per heavy atom. The van der Waals surface area contributed by atoms with Gasteiger partial charge in [-0.1, -0.05) is 37.1 Å². The average molecular weight is 468 g/mol. The molecule has 0 aliphatic heterocycles. The number of aryl methyl sites for hydroxylation is 3. The number of aliphatic hydroxyl groups excluding tert-OH is 1. The SMILES string of the molecule is Cc1ccc(C(=O)Cc2ccc(C)c(C#Cc3nn(C[C@@H](C)CO)c4ncnc(N)c34)c2)cc1C. The van der Waals surface area contributed by atoms with E-state index in [1.54, 1.807) is 4.68 Å². The maximum atomic E-state index is 12.9. The van der Waals surface area contributed by atoms with Crippen molar-refractivity contribution in [1.82, 2.24) is 19.7 Å². The summed E-state index contributed by atoms with van der Waals surface area (Å²) in [6, 6.07) is 11.7. The zero-order chi connectivity index (χ0) is 25.1. The Labute approximate surface area is 205 Å². The summed E-state index contributed by atoms with van der Waals surface area (Å²) in [6.45, 7) is 8.48. The maximum Gasteiger partial charge on any atom is 0.167 e. The number of nitrogens with zero attached hydrogens (tertiary/aromatic N) is 4. The van der Waals surface area contributed by atoms with Crippen LogP contribution in [0.5, 0.6) is 0 Å². The standard InChI is InChI=1S/C28H29N5O2/c1-17(15-34)14-33-28-26(27(29)30-16-31-28)24(32-33)10-9-22-12-21(7-5-19(22)3)13-25(35)23-8-6-18(2)20(4)11-23/h5-8,11-12,16-17,34H,13-15H2,1-4H3,(H2,29,30,31)/t17-/m1/s1. The van der Waals surface area contributed by atoms with Crippen molar-refractivity contribution in [1.29, 1.82) is 0 Å². The molecule has 4 rings (SSSR count). The largest absolute Gasteiger partial charge is 0.396 e. The first-order chi connectivity index (χ1) is 16.8. The molecule has 1 atom stereocenters. The lowest BCUT2D eigenvalue weighted by atomic mass is 9.97. The maximum absolute atomic E-state index is 12.9. The molecule has 178 valence electrons. The van der Waals surface area contributed by atoms with Crippen molar-refractivity contribution in [2.45, 2.75) is 40.7 Å². The third kappa shape index (κ3) is 5.23. The van der Waals surface area contributed by atoms with Gasteiger partial charge in [-0.2, -0.15) is 5.10 Å². The van der Waals surface area contributed by atoms with Gasteiger partial charge in [-0.05, 0) is 67.0 Å². The van der Waals surface area contributed by atoms with Gasteiger partial charge in [-0.3, -0.25) is 4.79 Å². The van der Waals surface area contributed by atoms with Crippen LogP contribution in [-0.4, -0.2) is 37.2 Å². The zero-order valence-electron chi connectivity index (χ0n) is 20.5. The molecule has 0 saturated carbocycles. The molecule has 2 heterocycles. The summed E-state index contributed by atoms with van der Waals surface area (Å²) in [5.74, 6) is 6.72. The van der Waals surface area contributed by atoms with Crippen LogP contribution in [0.25, 0.3) is 11.0 Å². The van der Waals surface area contributed by atoms with Crippen LogP contribution in [0.3, 0.4) is 0 Å². The van der Waals surface area contributed by atoms with E-state index in [-0.39, 0.29) is 18.3 Å². The molecular formula is C28H29N5O2. The molecule has 0 aliphatic rings. The first-order valence-corrected chi connectivity index (χ1v) is 11.6. The van der Waals surface area contributed by atoms with Gasteiger partial charge >= 0.3 is 0 Å². The average Bonchev–Trinajstić information content (AvgIpc) is 3.19. The minimum atomic E-state index is 0.00359. The zero-order valence-corrected chi connectivity index (χ0v) is 20.5. The number of rotatable bonds is 6. The van der Waals surface area contributed by atoms with E-state index in [0.717, 1.165) is 22.3 Å². The van der Waals surface area contributed by atoms with Gasteiger partial charge in [0.1, 0.15) is 17.8 Å². The predicted molar refractivity (Wildman–Crippen MR) is 137 cm³/mol. The number of nitrogens with two attached hydrogens (primary N) is 1. The van der Waals surface area contributed by atoms with Crippen LogP contribution >= 0.6 is 0 Å². The highest BCUT2D eigenvalue weighted by atomic mass is 16.3. The van der Waals surface area contributed by atoms with E-state index in [9.17, 15) is 9.90 Å². The molecule has 0 bridgehead atoms. The number of hydrogen-bond acceptors (Lipinski definition) is 6. The lowest BCUT2D eigenvalue weighted by Gasteiger charge is -2.07. The summed E-state index contributed by atoms with van der Waals surface area (Å²) in [7, 11) is 0. The normalized spacial score (nSPS) is 11.8. The van der Waals surface area contributed by atoms with Crippen LogP contribution in [0, 0.1) is 38.5 Å². The van der Waals surface area contributed by atoms with Gasteiger partial charge in [0.05, 0.1) is 5.39 Å². The highest BCUT2D eigenvalue weighted by Crippen LogP contribution is 2.22. The molecule has 0 radical (unpaired) electrons. The molecule has 7 heteroatoms. The summed E-state index contributed by atoms with van der Waals surface area (Å²) in [6.07, 6.45) is 1.70. The van der Waals surface area contributed by atoms with Crippen molar-refractivity contribution in [3.05, 3.63) is 81.8 Å². The van der Waals surface area contributed by atoms with Crippen LogP contribution in [0.1, 0.15) is 50.8 Å². The first-order valence-electron chi connectivity index (χ1n) is 11.6. The number of aromatic nitrogens is 4. The van der Waals surface area contributed by atoms with Crippen LogP contribution in [0.2, 0.25) is 0 Å². The fourth-order valence-corrected chi connectivity index (χ4v) is 3.84. The molecule has 0 unspecified atom stereocenters. The second-order valence-electron chi connectivity index (χ2n) is 9.07. The number of carbonyl (C=O) groups excluding carboxylic acids is 1. The minimum absolute atomic E-state index is 0.00359. The monoisotopic (exact) mass is 467 g/mol. The van der Waals surface area contributed by atoms with Crippen LogP contribution in [0.15, 0.2) is 42.7 Å². The third-order valence-electron chi connectivity index (χ3n) is 6.17. The van der Waals surface area contributed by atoms with Gasteiger partial charge < -0.3 is 10.8 Å². The van der Waals surface area contributed by atoms with Crippen LogP contribution in [-0.2, 0) is 13.0 Å². The molecular weight excluding hydrogens is 438 g/mol. The summed E-state index contributed by atoms with van der Waals surface area (Å²) in [5.41, 5.74) is 12.9. The number of hydrogen-bond donors (Lipinski definition) is 2. The molecule has 7 nitrogen and oxygen atoms in total. The van der Waals surface area contributed by atoms with E-state index in [1.165, 1.54) is 11.9 Å². The third-order valence-corrected chi connectivity index (χ3v) is 6.17. The van der Waals surface area contributed by atoms with Crippen molar-refractivity contribution >= 4 is 22.6 Å². The van der Waals surface area contributed by atoms with Crippen molar-refractivity contribution in [2.75, 3.05) is 12.3 Å². The van der Waals surface area contributed by atoms with E-state index >= 15 is 0 Å². The molecule has 0 aliphatic carbocycles. The number of anilines is 1. The highest BCUT2D eigenvalue weighted by molar-refractivity contribution is 5.97. The smallest absolute Gasteiger partial charge is 0.167 e. The molecule has 0 fully saturated rings. The van der Waals surface area contributed by atoms with Gasteiger partial charge in [0.15, 0.2) is 11.4 Å². The molecule has 2 aromatic carbocycles. The fourth-order valence-electron chi connectivity index (χ4n) is 3.84. The molecule has 0 spiro atoms. The van der Waals surface area contributed by atoms with Crippen molar-refractivity contribution in [3.8, 4) is 11.8 Å². The number of ketones is 1. The summed E-state index contributed by atoms with van der Waals surface area (Å²) in [5, 5.41) is 14.7. The Morgan fingerprint density at radius 3 is 2.57 bits per heavy atom. The highest BCUT2D eigenvalue weighted by Gasteiger charge is 2.16. The topological polar surface area (TPSA) is 107 Å². The molecule has 35 heavy (non-hydrogen) atoms. The first kappa shape index (κ1) is 24.1. The summed E-state index contributed by atoms with van der Waals surface area (Å²) < 4.78 is 1.71. The van der Waals surface area contributed by atoms with E-state index in [0.29, 0.717) is 41.1 Å². The van der Waals surface area contributed by atoms with E-state index in [2.05, 4.69) is 26.9 Å². The Balaban J connectivity index is 1.65. The lowest BCUT2D eigenvalue weighted by Crippen LogP contribution is -2.12. The molecule has 3 N–H and O–H groups in total. The quantitative estimate of drug-likeness (QED) is 0.330. The number of nitrogen functional groups attached to an aromatic ring is 1. The van der Waals surface area contributed by atoms with Crippen LogP contribution < -0.4 is 5.73 Å². The van der Waals surface area contributed by atoms with Gasteiger partial charge in [0.2, 0.25) is 0 Å². The second kappa shape index (κ2) is 10.1. The second-order valence-corrected chi connectivity index (χ2v) is 9.07. The lowest BCUT2D eigenvalue weighted by molar-refractivity contribution is 0.0993. The number of Topliss-reactive ketones (excluding diaryl/α,β-unsaturated/α-hetero) is 1. The Morgan fingerprint density at radius 2 is 1.83 bits per heavy atom.